The summed E-state index contributed by atoms with van der Waals surface area (Å²) < 4.78 is 10.3. The van der Waals surface area contributed by atoms with E-state index in [-0.39, 0.29) is 17.5 Å². The van der Waals surface area contributed by atoms with E-state index in [4.69, 9.17) is 9.47 Å². The number of carbonyl (C=O) groups excluding carboxylic acids is 2. The smallest absolute Gasteiger partial charge is 0.349 e. The zero-order chi connectivity index (χ0) is 21.5. The van der Waals surface area contributed by atoms with E-state index in [0.717, 1.165) is 24.8 Å². The van der Waals surface area contributed by atoms with Gasteiger partial charge in [0.15, 0.2) is 6.10 Å². The predicted molar refractivity (Wildman–Crippen MR) is 112 cm³/mol. The number of nitrogens with zero attached hydrogens (tertiary/aromatic N) is 1. The van der Waals surface area contributed by atoms with Gasteiger partial charge in [0.1, 0.15) is 17.4 Å². The highest BCUT2D eigenvalue weighted by Gasteiger charge is 2.26. The molecule has 0 saturated carbocycles. The minimum atomic E-state index is -1.01. The second kappa shape index (κ2) is 9.75. The molecule has 0 bridgehead atoms. The fourth-order valence-electron chi connectivity index (χ4n) is 3.47. The number of fused-ring (bicyclic) bond motifs is 1. The number of carbonyl (C=O) groups is 2. The van der Waals surface area contributed by atoms with E-state index in [1.807, 2.05) is 24.3 Å². The highest BCUT2D eigenvalue weighted by atomic mass is 16.5. The molecule has 2 aromatic rings. The highest BCUT2D eigenvalue weighted by Crippen LogP contribution is 2.29. The molecule has 1 amide bonds. The summed E-state index contributed by atoms with van der Waals surface area (Å²) in [4.78, 5) is 25.0. The zero-order valence-corrected chi connectivity index (χ0v) is 17.1. The minimum absolute atomic E-state index is 0.103. The summed E-state index contributed by atoms with van der Waals surface area (Å²) in [5, 5.41) is 12.3. The van der Waals surface area contributed by atoms with E-state index in [0.29, 0.717) is 11.3 Å². The van der Waals surface area contributed by atoms with Crippen molar-refractivity contribution in [3.05, 3.63) is 70.8 Å². The molecule has 0 aromatic heterocycles. The van der Waals surface area contributed by atoms with Crippen LogP contribution in [-0.2, 0) is 20.7 Å². The maximum atomic E-state index is 12.6. The van der Waals surface area contributed by atoms with Gasteiger partial charge in [0.25, 0.3) is 5.91 Å². The molecule has 154 valence electrons. The van der Waals surface area contributed by atoms with Crippen molar-refractivity contribution in [3.63, 3.8) is 0 Å². The fourth-order valence-corrected chi connectivity index (χ4v) is 3.47. The van der Waals surface area contributed by atoms with Gasteiger partial charge in [-0.1, -0.05) is 36.4 Å². The average Bonchev–Trinajstić information content (AvgIpc) is 2.78. The van der Waals surface area contributed by atoms with Crippen LogP contribution in [0.3, 0.4) is 0 Å². The summed E-state index contributed by atoms with van der Waals surface area (Å²) in [5.74, 6) is -0.547. The summed E-state index contributed by atoms with van der Waals surface area (Å²) in [6.45, 7) is 1.50. The molecular formula is C24H24N2O4. The molecule has 0 saturated heterocycles. The molecule has 2 aromatic carbocycles. The van der Waals surface area contributed by atoms with Gasteiger partial charge in [-0.3, -0.25) is 4.79 Å². The van der Waals surface area contributed by atoms with E-state index in [1.54, 1.807) is 31.4 Å². The van der Waals surface area contributed by atoms with Crippen molar-refractivity contribution in [2.75, 3.05) is 7.11 Å². The molecule has 0 fully saturated rings. The summed E-state index contributed by atoms with van der Waals surface area (Å²) in [5.41, 5.74) is 2.81. The third-order valence-corrected chi connectivity index (χ3v) is 5.11. The van der Waals surface area contributed by atoms with Crippen LogP contribution in [0.2, 0.25) is 0 Å². The quantitative estimate of drug-likeness (QED) is 0.450. The van der Waals surface area contributed by atoms with Crippen molar-refractivity contribution in [3.8, 4) is 11.8 Å². The van der Waals surface area contributed by atoms with Crippen LogP contribution < -0.4 is 10.1 Å². The molecule has 1 aliphatic carbocycles. The van der Waals surface area contributed by atoms with Gasteiger partial charge >= 0.3 is 5.97 Å². The largest absolute Gasteiger partial charge is 0.497 e. The predicted octanol–water partition coefficient (Wildman–Crippen LogP) is 3.73. The molecular weight excluding hydrogens is 380 g/mol. The summed E-state index contributed by atoms with van der Waals surface area (Å²) >= 11 is 0. The number of esters is 1. The lowest BCUT2D eigenvalue weighted by Crippen LogP contribution is -2.39. The summed E-state index contributed by atoms with van der Waals surface area (Å²) in [7, 11) is 1.56. The van der Waals surface area contributed by atoms with E-state index >= 15 is 0 Å². The van der Waals surface area contributed by atoms with Crippen molar-refractivity contribution in [1.29, 1.82) is 5.26 Å². The molecule has 6 heteroatoms. The standard InChI is InChI=1S/C24H24N2O4/c1-16(23(27)26-22-9-5-7-18-6-3-4-8-21(18)22)30-24(28)19(15-25)14-17-10-12-20(29-2)13-11-17/h3-4,6,8,10-14,16,22H,5,7,9H2,1-2H3,(H,26,27)/b19-14+/t16-,22-/m1/s1. The lowest BCUT2D eigenvalue weighted by Gasteiger charge is -2.27. The lowest BCUT2D eigenvalue weighted by molar-refractivity contribution is -0.151. The Kier molecular flexibility index (Phi) is 6.87. The third-order valence-electron chi connectivity index (χ3n) is 5.11. The lowest BCUT2D eigenvalue weighted by atomic mass is 9.87. The van der Waals surface area contributed by atoms with Gasteiger partial charge in [0.05, 0.1) is 13.2 Å². The first kappa shape index (κ1) is 21.1. The molecule has 0 heterocycles. The number of hydrogen-bond donors (Lipinski definition) is 1. The second-order valence-corrected chi connectivity index (χ2v) is 7.14. The van der Waals surface area contributed by atoms with E-state index in [2.05, 4.69) is 11.4 Å². The van der Waals surface area contributed by atoms with Crippen LogP contribution in [0.5, 0.6) is 5.75 Å². The van der Waals surface area contributed by atoms with Gasteiger partial charge < -0.3 is 14.8 Å². The van der Waals surface area contributed by atoms with Crippen molar-refractivity contribution < 1.29 is 19.1 Å². The first-order valence-electron chi connectivity index (χ1n) is 9.87. The van der Waals surface area contributed by atoms with Gasteiger partial charge in [0.2, 0.25) is 0 Å². The number of hydrogen-bond acceptors (Lipinski definition) is 5. The number of amides is 1. The van der Waals surface area contributed by atoms with Crippen molar-refractivity contribution >= 4 is 18.0 Å². The molecule has 1 aliphatic rings. The molecule has 0 aliphatic heterocycles. The fraction of sp³-hybridized carbons (Fsp3) is 0.292. The van der Waals surface area contributed by atoms with Crippen LogP contribution in [0.4, 0.5) is 0 Å². The Hall–Kier alpha value is -3.59. The summed E-state index contributed by atoms with van der Waals surface area (Å²) in [6.07, 6.45) is 3.22. The maximum absolute atomic E-state index is 12.6. The number of rotatable bonds is 6. The topological polar surface area (TPSA) is 88.4 Å². The van der Waals surface area contributed by atoms with Crippen LogP contribution in [-0.4, -0.2) is 25.1 Å². The Labute approximate surface area is 176 Å². The Morgan fingerprint density at radius 3 is 2.63 bits per heavy atom. The molecule has 3 rings (SSSR count). The third kappa shape index (κ3) is 5.06. The number of nitriles is 1. The van der Waals surface area contributed by atoms with Crippen molar-refractivity contribution in [1.82, 2.24) is 5.32 Å². The van der Waals surface area contributed by atoms with Crippen LogP contribution in [0.1, 0.15) is 42.5 Å². The molecule has 30 heavy (non-hydrogen) atoms. The SMILES string of the molecule is COc1ccc(/C=C(\C#N)C(=O)O[C@H](C)C(=O)N[C@@H]2CCCc3ccccc32)cc1. The first-order chi connectivity index (χ1) is 14.5. The van der Waals surface area contributed by atoms with Crippen LogP contribution in [0.25, 0.3) is 6.08 Å². The van der Waals surface area contributed by atoms with Crippen LogP contribution in [0.15, 0.2) is 54.1 Å². The van der Waals surface area contributed by atoms with Crippen molar-refractivity contribution in [2.45, 2.75) is 38.3 Å². The average molecular weight is 404 g/mol. The minimum Gasteiger partial charge on any atom is -0.497 e. The number of ether oxygens (including phenoxy) is 2. The van der Waals surface area contributed by atoms with Gasteiger partial charge in [-0.2, -0.15) is 5.26 Å². The molecule has 2 atom stereocenters. The molecule has 6 nitrogen and oxygen atoms in total. The Bertz CT molecular complexity index is 989. The van der Waals surface area contributed by atoms with Crippen LogP contribution >= 0.6 is 0 Å². The van der Waals surface area contributed by atoms with Gasteiger partial charge in [-0.25, -0.2) is 4.79 Å². The number of methoxy groups -OCH3 is 1. The molecule has 0 unspecified atom stereocenters. The monoisotopic (exact) mass is 404 g/mol. The number of aryl methyl sites for hydroxylation is 1. The maximum Gasteiger partial charge on any atom is 0.349 e. The first-order valence-corrected chi connectivity index (χ1v) is 9.87. The Morgan fingerprint density at radius 2 is 1.93 bits per heavy atom. The van der Waals surface area contributed by atoms with E-state index in [1.165, 1.54) is 18.6 Å². The second-order valence-electron chi connectivity index (χ2n) is 7.14. The normalized spacial score (nSPS) is 16.6. The van der Waals surface area contributed by atoms with Gasteiger partial charge in [-0.05, 0) is 61.1 Å². The number of benzene rings is 2. The summed E-state index contributed by atoms with van der Waals surface area (Å²) in [6, 6.07) is 16.7. The molecule has 1 N–H and O–H groups in total. The van der Waals surface area contributed by atoms with E-state index in [9.17, 15) is 14.9 Å². The molecule has 0 spiro atoms. The molecule has 0 radical (unpaired) electrons. The zero-order valence-electron chi connectivity index (χ0n) is 17.1. The Morgan fingerprint density at radius 1 is 1.20 bits per heavy atom. The number of nitrogens with one attached hydrogen (secondary N) is 1. The van der Waals surface area contributed by atoms with Gasteiger partial charge in [-0.15, -0.1) is 0 Å². The van der Waals surface area contributed by atoms with Gasteiger partial charge in [0, 0.05) is 0 Å². The Balaban J connectivity index is 1.63. The van der Waals surface area contributed by atoms with E-state index < -0.39 is 12.1 Å². The highest BCUT2D eigenvalue weighted by molar-refractivity contribution is 5.99. The van der Waals surface area contributed by atoms with Crippen LogP contribution in [0, 0.1) is 11.3 Å². The van der Waals surface area contributed by atoms with Crippen molar-refractivity contribution in [2.24, 2.45) is 0 Å².